The molecule has 0 bridgehead atoms. The van der Waals surface area contributed by atoms with Gasteiger partial charge in [-0.2, -0.15) is 0 Å². The Morgan fingerprint density at radius 3 is 2.53 bits per heavy atom. The molecule has 2 aromatic heterocycles. The molecule has 1 N–H and O–H groups in total. The number of nitrogens with zero attached hydrogens (tertiary/aromatic N) is 4. The number of ether oxygens (including phenoxy) is 1. The van der Waals surface area contributed by atoms with E-state index in [1.165, 1.54) is 33.7 Å². The molecule has 0 saturated carbocycles. The maximum Gasteiger partial charge on any atom is 0.341 e. The van der Waals surface area contributed by atoms with Crippen molar-refractivity contribution in [1.82, 2.24) is 14.8 Å². The first kappa shape index (κ1) is 26.2. The lowest BCUT2D eigenvalue weighted by Gasteiger charge is -2.21. The zero-order chi connectivity index (χ0) is 25.7. The van der Waals surface area contributed by atoms with Crippen molar-refractivity contribution in [2.24, 2.45) is 0 Å². The maximum atomic E-state index is 12.8. The number of esters is 1. The number of thiophene rings is 1. The first-order valence-corrected chi connectivity index (χ1v) is 14.3. The van der Waals surface area contributed by atoms with Crippen LogP contribution < -0.4 is 10.2 Å². The third-order valence-electron chi connectivity index (χ3n) is 6.27. The molecule has 192 valence electrons. The van der Waals surface area contributed by atoms with Gasteiger partial charge in [-0.05, 0) is 76.8 Å². The number of hydrogen-bond donors (Lipinski definition) is 1. The van der Waals surface area contributed by atoms with Gasteiger partial charge in [0, 0.05) is 35.8 Å². The second-order valence-electron chi connectivity index (χ2n) is 8.39. The van der Waals surface area contributed by atoms with Crippen LogP contribution in [0.15, 0.2) is 29.4 Å². The highest BCUT2D eigenvalue weighted by molar-refractivity contribution is 7.99. The van der Waals surface area contributed by atoms with Crippen molar-refractivity contribution < 1.29 is 14.3 Å². The van der Waals surface area contributed by atoms with Crippen molar-refractivity contribution in [2.75, 3.05) is 35.7 Å². The Labute approximate surface area is 220 Å². The lowest BCUT2D eigenvalue weighted by molar-refractivity contribution is -0.113. The minimum atomic E-state index is -0.359. The Morgan fingerprint density at radius 1 is 1.11 bits per heavy atom. The molecule has 0 aliphatic heterocycles. The highest BCUT2D eigenvalue weighted by Crippen LogP contribution is 2.39. The van der Waals surface area contributed by atoms with Crippen molar-refractivity contribution in [3.63, 3.8) is 0 Å². The van der Waals surface area contributed by atoms with E-state index in [-0.39, 0.29) is 17.6 Å². The second kappa shape index (κ2) is 11.9. The molecular formula is C26H33N5O3S2. The fraction of sp³-hybridized carbons (Fsp3) is 0.462. The molecule has 8 nitrogen and oxygen atoms in total. The molecule has 4 rings (SSSR count). The molecule has 10 heteroatoms. The van der Waals surface area contributed by atoms with Gasteiger partial charge in [0.05, 0.1) is 17.9 Å². The Bertz CT molecular complexity index is 1220. The number of carbonyl (C=O) groups excluding carboxylic acids is 2. The average molecular weight is 528 g/mol. The van der Waals surface area contributed by atoms with E-state index < -0.39 is 0 Å². The number of hydrogen-bond acceptors (Lipinski definition) is 8. The summed E-state index contributed by atoms with van der Waals surface area (Å²) in [4.78, 5) is 28.9. The van der Waals surface area contributed by atoms with E-state index in [4.69, 9.17) is 4.74 Å². The number of rotatable bonds is 11. The van der Waals surface area contributed by atoms with Crippen molar-refractivity contribution in [3.05, 3.63) is 40.3 Å². The molecule has 1 aromatic carbocycles. The number of carbonyl (C=O) groups is 2. The molecule has 0 radical (unpaired) electrons. The van der Waals surface area contributed by atoms with Gasteiger partial charge in [-0.1, -0.05) is 11.8 Å². The van der Waals surface area contributed by atoms with Crippen LogP contribution in [0.1, 0.15) is 54.9 Å². The van der Waals surface area contributed by atoms with Gasteiger partial charge in [-0.3, -0.25) is 4.79 Å². The second-order valence-corrected chi connectivity index (χ2v) is 10.4. The quantitative estimate of drug-likeness (QED) is 0.268. The monoisotopic (exact) mass is 527 g/mol. The van der Waals surface area contributed by atoms with E-state index in [1.807, 2.05) is 11.5 Å². The highest BCUT2D eigenvalue weighted by Gasteiger charge is 2.28. The van der Waals surface area contributed by atoms with Gasteiger partial charge in [0.1, 0.15) is 5.00 Å². The Kier molecular flexibility index (Phi) is 8.68. The standard InChI is InChI=1S/C26H33N5O3S2/c1-5-30(6-2)18-14-12-17(13-15-18)23-28-29-26(31(23)7-3)35-16-21(32)27-24-22(25(33)34-8-4)19-10-9-11-20(19)36-24/h12-15H,5-11,16H2,1-4H3,(H,27,32). The van der Waals surface area contributed by atoms with Crippen LogP contribution in [0.5, 0.6) is 0 Å². The van der Waals surface area contributed by atoms with Crippen LogP contribution in [0.2, 0.25) is 0 Å². The number of anilines is 2. The van der Waals surface area contributed by atoms with Gasteiger partial charge in [-0.25, -0.2) is 4.79 Å². The van der Waals surface area contributed by atoms with E-state index in [9.17, 15) is 9.59 Å². The summed E-state index contributed by atoms with van der Waals surface area (Å²) < 4.78 is 7.28. The lowest BCUT2D eigenvalue weighted by Crippen LogP contribution is -2.21. The molecule has 0 unspecified atom stereocenters. The Balaban J connectivity index is 1.45. The number of thioether (sulfide) groups is 1. The van der Waals surface area contributed by atoms with Crippen LogP contribution in [0.3, 0.4) is 0 Å². The molecule has 36 heavy (non-hydrogen) atoms. The summed E-state index contributed by atoms with van der Waals surface area (Å²) in [6, 6.07) is 8.35. The Morgan fingerprint density at radius 2 is 1.86 bits per heavy atom. The third kappa shape index (κ3) is 5.44. The van der Waals surface area contributed by atoms with E-state index in [0.717, 1.165) is 49.3 Å². The highest BCUT2D eigenvalue weighted by atomic mass is 32.2. The van der Waals surface area contributed by atoms with Gasteiger partial charge in [-0.15, -0.1) is 21.5 Å². The van der Waals surface area contributed by atoms with Gasteiger partial charge in [0.2, 0.25) is 5.91 Å². The lowest BCUT2D eigenvalue weighted by atomic mass is 10.1. The number of amides is 1. The molecule has 1 aliphatic carbocycles. The third-order valence-corrected chi connectivity index (χ3v) is 8.45. The first-order valence-electron chi connectivity index (χ1n) is 12.5. The van der Waals surface area contributed by atoms with Gasteiger partial charge >= 0.3 is 5.97 Å². The summed E-state index contributed by atoms with van der Waals surface area (Å²) in [6.45, 7) is 11.0. The molecule has 1 amide bonds. The van der Waals surface area contributed by atoms with Gasteiger partial charge in [0.25, 0.3) is 0 Å². The molecule has 0 saturated heterocycles. The van der Waals surface area contributed by atoms with Crippen LogP contribution in [0, 0.1) is 0 Å². The summed E-state index contributed by atoms with van der Waals surface area (Å²) in [5, 5.41) is 13.0. The fourth-order valence-corrected chi connectivity index (χ4v) is 6.60. The summed E-state index contributed by atoms with van der Waals surface area (Å²) >= 11 is 2.83. The Hall–Kier alpha value is -2.85. The van der Waals surface area contributed by atoms with E-state index in [1.54, 1.807) is 6.92 Å². The number of aryl methyl sites for hydroxylation is 1. The smallest absolute Gasteiger partial charge is 0.341 e. The zero-order valence-electron chi connectivity index (χ0n) is 21.3. The van der Waals surface area contributed by atoms with Crippen LogP contribution in [0.25, 0.3) is 11.4 Å². The number of nitrogens with one attached hydrogen (secondary N) is 1. The SMILES string of the molecule is CCOC(=O)c1c(NC(=O)CSc2nnc(-c3ccc(N(CC)CC)cc3)n2CC)sc2c1CCC2. The minimum absolute atomic E-state index is 0.170. The van der Waals surface area contributed by atoms with Crippen LogP contribution in [0.4, 0.5) is 10.7 Å². The number of fused-ring (bicyclic) bond motifs is 1. The summed E-state index contributed by atoms with van der Waals surface area (Å²) in [7, 11) is 0. The maximum absolute atomic E-state index is 12.8. The summed E-state index contributed by atoms with van der Waals surface area (Å²) in [5.41, 5.74) is 3.73. The van der Waals surface area contributed by atoms with Crippen LogP contribution >= 0.6 is 23.1 Å². The van der Waals surface area contributed by atoms with Crippen LogP contribution in [-0.2, 0) is 28.9 Å². The molecule has 2 heterocycles. The van der Waals surface area contributed by atoms with Crippen molar-refractivity contribution in [3.8, 4) is 11.4 Å². The zero-order valence-corrected chi connectivity index (χ0v) is 22.9. The fourth-order valence-electron chi connectivity index (χ4n) is 4.51. The van der Waals surface area contributed by atoms with E-state index in [2.05, 4.69) is 58.5 Å². The molecule has 3 aromatic rings. The molecule has 0 atom stereocenters. The topological polar surface area (TPSA) is 89.3 Å². The van der Waals surface area contributed by atoms with Crippen molar-refractivity contribution in [2.45, 2.75) is 58.7 Å². The number of aromatic nitrogens is 3. The largest absolute Gasteiger partial charge is 0.462 e. The predicted molar refractivity (Wildman–Crippen MR) is 146 cm³/mol. The summed E-state index contributed by atoms with van der Waals surface area (Å²) in [5.74, 6) is 0.415. The average Bonchev–Trinajstić information content (AvgIpc) is 3.58. The van der Waals surface area contributed by atoms with Crippen LogP contribution in [-0.4, -0.2) is 52.1 Å². The predicted octanol–water partition coefficient (Wildman–Crippen LogP) is 5.27. The van der Waals surface area contributed by atoms with Crippen molar-refractivity contribution >= 4 is 45.7 Å². The molecule has 1 aliphatic rings. The minimum Gasteiger partial charge on any atom is -0.462 e. The molecule has 0 spiro atoms. The normalized spacial score (nSPS) is 12.4. The number of benzene rings is 1. The summed E-state index contributed by atoms with van der Waals surface area (Å²) in [6.07, 6.45) is 2.82. The molecule has 0 fully saturated rings. The molecular weight excluding hydrogens is 494 g/mol. The van der Waals surface area contributed by atoms with E-state index >= 15 is 0 Å². The van der Waals surface area contributed by atoms with Crippen molar-refractivity contribution in [1.29, 1.82) is 0 Å². The first-order chi connectivity index (χ1) is 17.5. The van der Waals surface area contributed by atoms with Gasteiger partial charge < -0.3 is 19.5 Å². The van der Waals surface area contributed by atoms with E-state index in [0.29, 0.717) is 28.9 Å². The van der Waals surface area contributed by atoms with Gasteiger partial charge in [0.15, 0.2) is 11.0 Å².